The maximum atomic E-state index is 13.0. The molecular weight excluding hydrogens is 931 g/mol. The molecule has 5 N–H and O–H groups in total. The molecule has 0 radical (unpaired) electrons. The summed E-state index contributed by atoms with van der Waals surface area (Å²) in [5.74, 6) is 1.42. The molecule has 0 spiro atoms. The fourth-order valence-corrected chi connectivity index (χ4v) is 8.01. The van der Waals surface area contributed by atoms with Crippen molar-refractivity contribution in [3.05, 3.63) is 30.1 Å². The Bertz CT molecular complexity index is 1980. The molecule has 4 rings (SSSR count). The number of nitrogens with zero attached hydrogens (tertiary/aromatic N) is 5. The fourth-order valence-electron chi connectivity index (χ4n) is 8.01. The van der Waals surface area contributed by atoms with Crippen LogP contribution in [0.2, 0.25) is 0 Å². The fraction of sp³-hybridized carbons (Fsp3) is 0.725. The summed E-state index contributed by atoms with van der Waals surface area (Å²) in [5.41, 5.74) is 9.05. The molecular formula is C51H85N9O12. The number of hydrogen-bond acceptors (Lipinski definition) is 17. The number of nitrogen functional groups attached to an aromatic ring is 1. The molecule has 1 aliphatic heterocycles. The number of hydrogen-bond donors (Lipinski definition) is 4. The molecule has 2 aromatic heterocycles. The molecule has 1 aromatic carbocycles. The summed E-state index contributed by atoms with van der Waals surface area (Å²) < 4.78 is 46.4. The standard InChI is InChI=1S/C51H85N9O12/c1-4-5-13-45-57-49-50(42-10-6-7-12-44(42)56-51(49)52)60(45)24-21-58-19-22-59(23-20-58)48(64)15-14-46(62)55-18-26-66-28-30-68-32-34-70-36-38-72-40-39-71-37-35-69-33-31-67-29-27-65-25-16-47(63)54-17-9-8-11-43(53-3)41(2)61/h6-7,10,12,43,53H,4-5,8-9,11,13-40H2,1-3H3,(H2,52,56)(H,54,63)(H,55,62). The molecule has 21 nitrogen and oxygen atoms in total. The normalized spacial score (nSPS) is 13.6. The van der Waals surface area contributed by atoms with E-state index in [2.05, 4.69) is 43.4 Å². The number of imidazole rings is 1. The largest absolute Gasteiger partial charge is 0.382 e. The van der Waals surface area contributed by atoms with Crippen LogP contribution in [0.15, 0.2) is 24.3 Å². The molecule has 1 aliphatic rings. The van der Waals surface area contributed by atoms with Crippen molar-refractivity contribution in [3.63, 3.8) is 0 Å². The van der Waals surface area contributed by atoms with E-state index in [-0.39, 0.29) is 42.4 Å². The summed E-state index contributed by atoms with van der Waals surface area (Å²) in [4.78, 5) is 62.5. The molecule has 3 aromatic rings. The van der Waals surface area contributed by atoms with E-state index in [9.17, 15) is 19.2 Å². The van der Waals surface area contributed by atoms with Gasteiger partial charge < -0.3 is 69.0 Å². The lowest BCUT2D eigenvalue weighted by Gasteiger charge is -2.35. The van der Waals surface area contributed by atoms with Gasteiger partial charge in [-0.3, -0.25) is 24.1 Å². The first kappa shape index (κ1) is 60.1. The third-order valence-corrected chi connectivity index (χ3v) is 12.1. The van der Waals surface area contributed by atoms with E-state index in [0.29, 0.717) is 144 Å². The molecule has 0 bridgehead atoms. The van der Waals surface area contributed by atoms with Crippen molar-refractivity contribution in [1.29, 1.82) is 0 Å². The second-order valence-corrected chi connectivity index (χ2v) is 17.5. The predicted octanol–water partition coefficient (Wildman–Crippen LogP) is 2.54. The summed E-state index contributed by atoms with van der Waals surface area (Å²) in [7, 11) is 1.78. The van der Waals surface area contributed by atoms with Crippen LogP contribution in [0.5, 0.6) is 0 Å². The van der Waals surface area contributed by atoms with Gasteiger partial charge in [0.15, 0.2) is 5.82 Å². The van der Waals surface area contributed by atoms with E-state index in [4.69, 9.17) is 48.6 Å². The van der Waals surface area contributed by atoms with E-state index in [1.807, 2.05) is 23.1 Å². The van der Waals surface area contributed by atoms with Crippen LogP contribution < -0.4 is 21.7 Å². The molecule has 0 aliphatic carbocycles. The highest BCUT2D eigenvalue weighted by atomic mass is 16.6. The number of nitrogens with two attached hydrogens (primary N) is 1. The number of Topliss-reactive ketones (excluding diaryl/α,β-unsaturated/α-hetero) is 1. The van der Waals surface area contributed by atoms with Crippen LogP contribution in [0.4, 0.5) is 5.82 Å². The number of benzene rings is 1. The number of likely N-dealkylation sites (N-methyl/N-ethyl adjacent to an activating group) is 1. The lowest BCUT2D eigenvalue weighted by molar-refractivity contribution is -0.135. The number of amides is 3. The van der Waals surface area contributed by atoms with Crippen molar-refractivity contribution in [2.75, 3.05) is 164 Å². The van der Waals surface area contributed by atoms with Gasteiger partial charge in [-0.25, -0.2) is 9.97 Å². The van der Waals surface area contributed by atoms with Gasteiger partial charge in [0.05, 0.1) is 123 Å². The van der Waals surface area contributed by atoms with Crippen molar-refractivity contribution in [1.82, 2.24) is 40.3 Å². The van der Waals surface area contributed by atoms with Gasteiger partial charge in [-0.15, -0.1) is 0 Å². The average Bonchev–Trinajstić information content (AvgIpc) is 3.76. The van der Waals surface area contributed by atoms with Crippen LogP contribution in [0.25, 0.3) is 21.9 Å². The van der Waals surface area contributed by atoms with Gasteiger partial charge in [0.25, 0.3) is 0 Å². The van der Waals surface area contributed by atoms with E-state index in [1.165, 1.54) is 0 Å². The second kappa shape index (κ2) is 37.3. The molecule has 1 unspecified atom stereocenters. The SMILES string of the molecule is CCCCc1nc2c(N)nc3ccccc3c2n1CCN1CCN(C(=O)CCC(=O)NCCOCCOCCOCCOCCOCCOCCOCCOCCC(=O)NCCCCC(NC)C(C)=O)CC1. The number of piperazine rings is 1. The molecule has 3 amide bonds. The third kappa shape index (κ3) is 24.1. The van der Waals surface area contributed by atoms with E-state index >= 15 is 0 Å². The topological polar surface area (TPSA) is 241 Å². The minimum atomic E-state index is -0.166. The van der Waals surface area contributed by atoms with Crippen molar-refractivity contribution < 1.29 is 57.1 Å². The van der Waals surface area contributed by atoms with Crippen LogP contribution in [0, 0.1) is 0 Å². The Kier molecular flexibility index (Phi) is 31.2. The number of unbranched alkanes of at least 4 members (excludes halogenated alkanes) is 2. The number of ketones is 1. The molecule has 406 valence electrons. The van der Waals surface area contributed by atoms with Crippen LogP contribution in [-0.2, 0) is 70.0 Å². The Balaban J connectivity index is 0.851. The van der Waals surface area contributed by atoms with Crippen molar-refractivity contribution in [2.24, 2.45) is 0 Å². The Hall–Kier alpha value is -4.42. The summed E-state index contributed by atoms with van der Waals surface area (Å²) >= 11 is 0. The number of pyridine rings is 1. The lowest BCUT2D eigenvalue weighted by atomic mass is 10.1. The van der Waals surface area contributed by atoms with Crippen LogP contribution in [0.3, 0.4) is 0 Å². The number of ether oxygens (including phenoxy) is 8. The van der Waals surface area contributed by atoms with Gasteiger partial charge >= 0.3 is 0 Å². The molecule has 1 fully saturated rings. The minimum Gasteiger partial charge on any atom is -0.382 e. The number of rotatable bonds is 43. The number of carbonyl (C=O) groups is 4. The number of fused-ring (bicyclic) bond motifs is 3. The number of carbonyl (C=O) groups excluding carboxylic acids is 4. The van der Waals surface area contributed by atoms with Gasteiger partial charge in [0.1, 0.15) is 17.1 Å². The highest BCUT2D eigenvalue weighted by Crippen LogP contribution is 2.29. The summed E-state index contributed by atoms with van der Waals surface area (Å²) in [5, 5.41) is 9.76. The zero-order chi connectivity index (χ0) is 51.4. The van der Waals surface area contributed by atoms with Crippen LogP contribution in [0.1, 0.15) is 71.0 Å². The number of para-hydroxylation sites is 1. The smallest absolute Gasteiger partial charge is 0.223 e. The first-order valence-electron chi connectivity index (χ1n) is 26.1. The summed E-state index contributed by atoms with van der Waals surface area (Å²) in [6.07, 6.45) is 6.10. The Morgan fingerprint density at radius 2 is 1.18 bits per heavy atom. The minimum absolute atomic E-state index is 0.00166. The highest BCUT2D eigenvalue weighted by Gasteiger charge is 2.23. The molecule has 1 atom stereocenters. The van der Waals surface area contributed by atoms with Crippen LogP contribution >= 0.6 is 0 Å². The average molecular weight is 1020 g/mol. The van der Waals surface area contributed by atoms with Crippen LogP contribution in [-0.4, -0.2) is 212 Å². The molecule has 0 saturated carbocycles. The number of anilines is 1. The first-order valence-corrected chi connectivity index (χ1v) is 26.1. The number of aromatic nitrogens is 3. The Labute approximate surface area is 426 Å². The maximum absolute atomic E-state index is 13.0. The number of nitrogens with one attached hydrogen (secondary N) is 3. The molecule has 21 heteroatoms. The van der Waals surface area contributed by atoms with Gasteiger partial charge in [-0.05, 0) is 45.7 Å². The van der Waals surface area contributed by atoms with Gasteiger partial charge in [-0.1, -0.05) is 31.5 Å². The molecule has 72 heavy (non-hydrogen) atoms. The molecule has 3 heterocycles. The summed E-state index contributed by atoms with van der Waals surface area (Å²) in [6, 6.07) is 7.96. The zero-order valence-corrected chi connectivity index (χ0v) is 43.4. The van der Waals surface area contributed by atoms with Crippen molar-refractivity contribution in [3.8, 4) is 0 Å². The number of aryl methyl sites for hydroxylation is 1. The van der Waals surface area contributed by atoms with Gasteiger partial charge in [-0.2, -0.15) is 0 Å². The van der Waals surface area contributed by atoms with E-state index in [1.54, 1.807) is 14.0 Å². The van der Waals surface area contributed by atoms with E-state index < -0.39 is 0 Å². The first-order chi connectivity index (χ1) is 35.2. The van der Waals surface area contributed by atoms with E-state index in [0.717, 1.165) is 92.5 Å². The summed E-state index contributed by atoms with van der Waals surface area (Å²) in [6.45, 7) is 16.0. The second-order valence-electron chi connectivity index (χ2n) is 17.5. The van der Waals surface area contributed by atoms with Gasteiger partial charge in [0, 0.05) is 83.4 Å². The lowest BCUT2D eigenvalue weighted by Crippen LogP contribution is -2.49. The Morgan fingerprint density at radius 3 is 1.75 bits per heavy atom. The molecule has 1 saturated heterocycles. The maximum Gasteiger partial charge on any atom is 0.223 e. The predicted molar refractivity (Wildman–Crippen MR) is 275 cm³/mol. The Morgan fingerprint density at radius 1 is 0.639 bits per heavy atom. The third-order valence-electron chi connectivity index (χ3n) is 12.1. The highest BCUT2D eigenvalue weighted by molar-refractivity contribution is 6.06. The van der Waals surface area contributed by atoms with Crippen molar-refractivity contribution in [2.45, 2.75) is 84.2 Å². The zero-order valence-electron chi connectivity index (χ0n) is 43.4. The van der Waals surface area contributed by atoms with Gasteiger partial charge in [0.2, 0.25) is 17.7 Å². The quantitative estimate of drug-likeness (QED) is 0.0596. The monoisotopic (exact) mass is 1020 g/mol. The van der Waals surface area contributed by atoms with Crippen molar-refractivity contribution >= 4 is 51.3 Å².